The van der Waals surface area contributed by atoms with Crippen molar-refractivity contribution in [3.8, 4) is 5.75 Å². The van der Waals surface area contributed by atoms with Crippen molar-refractivity contribution in [1.82, 2.24) is 0 Å². The van der Waals surface area contributed by atoms with Crippen molar-refractivity contribution in [3.05, 3.63) is 60.2 Å². The molecule has 0 radical (unpaired) electrons. The van der Waals surface area contributed by atoms with Crippen LogP contribution in [-0.4, -0.2) is 20.0 Å². The third-order valence-corrected chi connectivity index (χ3v) is 4.19. The van der Waals surface area contributed by atoms with E-state index < -0.39 is 6.86 Å². The molecule has 0 N–H and O–H groups in total. The van der Waals surface area contributed by atoms with Crippen molar-refractivity contribution in [2.24, 2.45) is 0 Å². The largest absolute Gasteiger partial charge is 0.463 e. The van der Waals surface area contributed by atoms with Gasteiger partial charge in [-0.1, -0.05) is 30.3 Å². The van der Waals surface area contributed by atoms with Crippen LogP contribution in [0.1, 0.15) is 24.3 Å². The van der Waals surface area contributed by atoms with Gasteiger partial charge in [0.05, 0.1) is 0 Å². The molecule has 1 aliphatic rings. The van der Waals surface area contributed by atoms with Gasteiger partial charge in [-0.2, -0.15) is 0 Å². The highest BCUT2D eigenvalue weighted by atomic mass is 19.1. The van der Waals surface area contributed by atoms with Gasteiger partial charge in [-0.15, -0.1) is 0 Å². The summed E-state index contributed by atoms with van der Waals surface area (Å²) in [5, 5.41) is 0. The topological polar surface area (TPSA) is 12.5 Å². The molecule has 1 aliphatic heterocycles. The molecule has 1 fully saturated rings. The molecule has 3 rings (SSSR count). The molecule has 1 saturated heterocycles. The molecule has 0 atom stereocenters. The van der Waals surface area contributed by atoms with E-state index in [9.17, 15) is 4.39 Å². The Labute approximate surface area is 125 Å². The normalized spacial score (nSPS) is 16.0. The lowest BCUT2D eigenvalue weighted by Crippen LogP contribution is -2.32. The van der Waals surface area contributed by atoms with Crippen molar-refractivity contribution in [2.45, 2.75) is 18.8 Å². The van der Waals surface area contributed by atoms with E-state index in [2.05, 4.69) is 35.2 Å². The van der Waals surface area contributed by atoms with Gasteiger partial charge in [-0.3, -0.25) is 0 Å². The molecule has 0 saturated carbocycles. The van der Waals surface area contributed by atoms with E-state index in [1.165, 1.54) is 24.1 Å². The minimum Gasteiger partial charge on any atom is -0.463 e. The minimum atomic E-state index is -0.776. The number of alkyl halides is 1. The number of rotatable bonds is 4. The zero-order valence-electron chi connectivity index (χ0n) is 12.0. The molecule has 0 unspecified atom stereocenters. The molecule has 2 aromatic rings. The highest BCUT2D eigenvalue weighted by Crippen LogP contribution is 2.30. The lowest BCUT2D eigenvalue weighted by Gasteiger charge is -2.34. The van der Waals surface area contributed by atoms with E-state index >= 15 is 0 Å². The van der Waals surface area contributed by atoms with Gasteiger partial charge in [-0.25, -0.2) is 4.39 Å². The molecule has 0 amide bonds. The van der Waals surface area contributed by atoms with E-state index in [1.54, 1.807) is 0 Å². The number of ether oxygens (including phenoxy) is 1. The molecular weight excluding hydrogens is 265 g/mol. The standard InChI is InChI=1S/C18H20FNO/c19-14-21-18-8-6-17(7-9-18)20-12-10-16(11-13-20)15-4-2-1-3-5-15/h1-9,16H,10-14H2. The second-order valence-electron chi connectivity index (χ2n) is 5.42. The first-order valence-corrected chi connectivity index (χ1v) is 7.45. The Morgan fingerprint density at radius 3 is 2.24 bits per heavy atom. The Bertz CT molecular complexity index is 547. The molecule has 0 spiro atoms. The number of benzene rings is 2. The van der Waals surface area contributed by atoms with Crippen molar-refractivity contribution >= 4 is 5.69 Å². The molecule has 110 valence electrons. The zero-order valence-corrected chi connectivity index (χ0v) is 12.0. The van der Waals surface area contributed by atoms with Crippen molar-refractivity contribution in [2.75, 3.05) is 24.9 Å². The molecule has 2 aromatic carbocycles. The lowest BCUT2D eigenvalue weighted by molar-refractivity contribution is 0.192. The lowest BCUT2D eigenvalue weighted by atomic mass is 9.89. The van der Waals surface area contributed by atoms with Gasteiger partial charge in [0.25, 0.3) is 0 Å². The van der Waals surface area contributed by atoms with Crippen LogP contribution in [0.15, 0.2) is 54.6 Å². The Morgan fingerprint density at radius 1 is 0.952 bits per heavy atom. The maximum absolute atomic E-state index is 12.1. The number of hydrogen-bond donors (Lipinski definition) is 0. The zero-order chi connectivity index (χ0) is 14.5. The maximum atomic E-state index is 12.1. The van der Waals surface area contributed by atoms with Crippen LogP contribution in [0.25, 0.3) is 0 Å². The van der Waals surface area contributed by atoms with E-state index in [0.29, 0.717) is 11.7 Å². The maximum Gasteiger partial charge on any atom is 0.228 e. The van der Waals surface area contributed by atoms with Crippen LogP contribution in [0, 0.1) is 0 Å². The van der Waals surface area contributed by atoms with Crippen LogP contribution in [0.2, 0.25) is 0 Å². The second kappa shape index (κ2) is 6.61. The quantitative estimate of drug-likeness (QED) is 0.826. The molecular formula is C18H20FNO. The summed E-state index contributed by atoms with van der Waals surface area (Å²) in [5.41, 5.74) is 2.64. The monoisotopic (exact) mass is 285 g/mol. The number of piperidine rings is 1. The molecule has 0 bridgehead atoms. The van der Waals surface area contributed by atoms with Crippen molar-refractivity contribution < 1.29 is 9.13 Å². The summed E-state index contributed by atoms with van der Waals surface area (Å²) in [6, 6.07) is 18.4. The Kier molecular flexibility index (Phi) is 4.39. The van der Waals surface area contributed by atoms with Crippen LogP contribution < -0.4 is 9.64 Å². The van der Waals surface area contributed by atoms with Gasteiger partial charge in [0.15, 0.2) is 0 Å². The average molecular weight is 285 g/mol. The average Bonchev–Trinajstić information content (AvgIpc) is 2.57. The fourth-order valence-electron chi connectivity index (χ4n) is 3.01. The Balaban J connectivity index is 1.60. The second-order valence-corrected chi connectivity index (χ2v) is 5.42. The smallest absolute Gasteiger partial charge is 0.228 e. The summed E-state index contributed by atoms with van der Waals surface area (Å²) >= 11 is 0. The van der Waals surface area contributed by atoms with Crippen molar-refractivity contribution in [1.29, 1.82) is 0 Å². The summed E-state index contributed by atoms with van der Waals surface area (Å²) < 4.78 is 16.9. The van der Waals surface area contributed by atoms with Gasteiger partial charge in [0.2, 0.25) is 6.86 Å². The predicted molar refractivity (Wildman–Crippen MR) is 83.7 cm³/mol. The van der Waals surface area contributed by atoms with Gasteiger partial charge in [0.1, 0.15) is 5.75 Å². The SMILES string of the molecule is FCOc1ccc(N2CCC(c3ccccc3)CC2)cc1. The molecule has 3 heteroatoms. The Hall–Kier alpha value is -2.03. The number of hydrogen-bond acceptors (Lipinski definition) is 2. The van der Waals surface area contributed by atoms with Crippen LogP contribution in [0.4, 0.5) is 10.1 Å². The molecule has 21 heavy (non-hydrogen) atoms. The van der Waals surface area contributed by atoms with Crippen molar-refractivity contribution in [3.63, 3.8) is 0 Å². The first-order valence-electron chi connectivity index (χ1n) is 7.45. The van der Waals surface area contributed by atoms with Gasteiger partial charge >= 0.3 is 0 Å². The highest BCUT2D eigenvalue weighted by molar-refractivity contribution is 5.49. The van der Waals surface area contributed by atoms with E-state index in [0.717, 1.165) is 13.1 Å². The molecule has 0 aromatic heterocycles. The van der Waals surface area contributed by atoms with Gasteiger partial charge in [0, 0.05) is 18.8 Å². The fraction of sp³-hybridized carbons (Fsp3) is 0.333. The van der Waals surface area contributed by atoms with Gasteiger partial charge < -0.3 is 9.64 Å². The number of anilines is 1. The first kappa shape index (κ1) is 13.9. The molecule has 1 heterocycles. The third-order valence-electron chi connectivity index (χ3n) is 4.19. The third kappa shape index (κ3) is 3.35. The molecule has 0 aliphatic carbocycles. The van der Waals surface area contributed by atoms with E-state index in [-0.39, 0.29) is 0 Å². The fourth-order valence-corrected chi connectivity index (χ4v) is 3.01. The Morgan fingerprint density at radius 2 is 1.62 bits per heavy atom. The van der Waals surface area contributed by atoms with E-state index in [4.69, 9.17) is 4.74 Å². The van der Waals surface area contributed by atoms with Crippen LogP contribution in [-0.2, 0) is 0 Å². The minimum absolute atomic E-state index is 0.584. The summed E-state index contributed by atoms with van der Waals surface area (Å²) in [6.07, 6.45) is 2.35. The summed E-state index contributed by atoms with van der Waals surface area (Å²) in [5.74, 6) is 1.25. The summed E-state index contributed by atoms with van der Waals surface area (Å²) in [7, 11) is 0. The highest BCUT2D eigenvalue weighted by Gasteiger charge is 2.20. The van der Waals surface area contributed by atoms with Crippen LogP contribution in [0.3, 0.4) is 0 Å². The summed E-state index contributed by atoms with van der Waals surface area (Å²) in [4.78, 5) is 2.39. The first-order chi connectivity index (χ1) is 10.4. The number of halogens is 1. The van der Waals surface area contributed by atoms with E-state index in [1.807, 2.05) is 24.3 Å². The summed E-state index contributed by atoms with van der Waals surface area (Å²) in [6.45, 7) is 1.34. The predicted octanol–water partition coefficient (Wildman–Crippen LogP) is 4.38. The van der Waals surface area contributed by atoms with Crippen LogP contribution >= 0.6 is 0 Å². The number of nitrogens with zero attached hydrogens (tertiary/aromatic N) is 1. The van der Waals surface area contributed by atoms with Crippen LogP contribution in [0.5, 0.6) is 5.75 Å². The van der Waals surface area contributed by atoms with Gasteiger partial charge in [-0.05, 0) is 48.6 Å². The molecule has 2 nitrogen and oxygen atoms in total.